The van der Waals surface area contributed by atoms with Crippen LogP contribution in [0.25, 0.3) is 0 Å². The molecule has 1 atom stereocenters. The molecule has 6 nitrogen and oxygen atoms in total. The number of rotatable bonds is 7. The van der Waals surface area contributed by atoms with Crippen molar-refractivity contribution < 1.29 is 17.9 Å². The molecular weight excluding hydrogens is 376 g/mol. The average molecular weight is 403 g/mol. The van der Waals surface area contributed by atoms with Gasteiger partial charge in [0.15, 0.2) is 6.61 Å². The number of carbonyl (C=O) groups excluding carboxylic acids is 1. The lowest BCUT2D eigenvalue weighted by atomic mass is 9.88. The third-order valence-electron chi connectivity index (χ3n) is 4.89. The highest BCUT2D eigenvalue weighted by molar-refractivity contribution is 7.92. The van der Waals surface area contributed by atoms with Crippen molar-refractivity contribution in [1.82, 2.24) is 5.32 Å². The quantitative estimate of drug-likeness (QED) is 0.772. The number of sulfonamides is 1. The predicted octanol–water partition coefficient (Wildman–Crippen LogP) is 3.05. The number of fused-ring (bicyclic) bond motifs is 1. The standard InChI is InChI=1S/C21H26N2O4S/c1-3-23(28(2,25)26)17-11-13-18(14-12-17)27-15-21(24)22-20-10-6-8-16-7-4-5-9-19(16)20/h4-5,7,9,11-14,20H,3,6,8,10,15H2,1-2H3,(H,22,24)/t20-/m1/s1. The van der Waals surface area contributed by atoms with Crippen molar-refractivity contribution in [1.29, 1.82) is 0 Å². The van der Waals surface area contributed by atoms with Gasteiger partial charge in [0.2, 0.25) is 10.0 Å². The van der Waals surface area contributed by atoms with E-state index in [0.717, 1.165) is 19.3 Å². The van der Waals surface area contributed by atoms with E-state index in [1.807, 2.05) is 12.1 Å². The molecular formula is C21H26N2O4S. The van der Waals surface area contributed by atoms with Gasteiger partial charge in [-0.15, -0.1) is 0 Å². The first-order chi connectivity index (χ1) is 13.4. The molecule has 0 aliphatic heterocycles. The molecule has 0 bridgehead atoms. The lowest BCUT2D eigenvalue weighted by Crippen LogP contribution is -2.34. The Labute approximate surface area is 166 Å². The van der Waals surface area contributed by atoms with Crippen LogP contribution in [0, 0.1) is 0 Å². The SMILES string of the molecule is CCN(c1ccc(OCC(=O)N[C@@H]2CCCc3ccccc32)cc1)S(C)(=O)=O. The number of hydrogen-bond acceptors (Lipinski definition) is 4. The van der Waals surface area contributed by atoms with Gasteiger partial charge in [-0.25, -0.2) is 8.42 Å². The van der Waals surface area contributed by atoms with Crippen molar-refractivity contribution in [2.75, 3.05) is 23.7 Å². The summed E-state index contributed by atoms with van der Waals surface area (Å²) < 4.78 is 30.4. The number of hydrogen-bond donors (Lipinski definition) is 1. The number of carbonyl (C=O) groups is 1. The van der Waals surface area contributed by atoms with Crippen LogP contribution in [0.15, 0.2) is 48.5 Å². The maximum atomic E-state index is 12.3. The maximum absolute atomic E-state index is 12.3. The summed E-state index contributed by atoms with van der Waals surface area (Å²) in [5.41, 5.74) is 3.05. The van der Waals surface area contributed by atoms with Crippen LogP contribution in [0.5, 0.6) is 5.75 Å². The average Bonchev–Trinajstić information content (AvgIpc) is 2.67. The van der Waals surface area contributed by atoms with Gasteiger partial charge < -0.3 is 10.1 Å². The van der Waals surface area contributed by atoms with Gasteiger partial charge in [0, 0.05) is 6.54 Å². The summed E-state index contributed by atoms with van der Waals surface area (Å²) in [6.07, 6.45) is 4.21. The van der Waals surface area contributed by atoms with E-state index in [9.17, 15) is 13.2 Å². The number of nitrogens with zero attached hydrogens (tertiary/aromatic N) is 1. The normalized spacial score (nSPS) is 16.1. The summed E-state index contributed by atoms with van der Waals surface area (Å²) in [6, 6.07) is 14.9. The van der Waals surface area contributed by atoms with Gasteiger partial charge in [-0.3, -0.25) is 9.10 Å². The van der Waals surface area contributed by atoms with Gasteiger partial charge in [-0.05, 0) is 61.6 Å². The van der Waals surface area contributed by atoms with E-state index in [4.69, 9.17) is 4.74 Å². The minimum Gasteiger partial charge on any atom is -0.484 e. The Kier molecular flexibility index (Phi) is 6.24. The molecule has 150 valence electrons. The highest BCUT2D eigenvalue weighted by Gasteiger charge is 2.21. The van der Waals surface area contributed by atoms with Crippen LogP contribution in [0.2, 0.25) is 0 Å². The summed E-state index contributed by atoms with van der Waals surface area (Å²) >= 11 is 0. The minimum absolute atomic E-state index is 0.0244. The Hall–Kier alpha value is -2.54. The number of nitrogens with one attached hydrogen (secondary N) is 1. The van der Waals surface area contributed by atoms with Crippen molar-refractivity contribution in [3.05, 3.63) is 59.7 Å². The van der Waals surface area contributed by atoms with Crippen LogP contribution in [0.4, 0.5) is 5.69 Å². The van der Waals surface area contributed by atoms with E-state index in [0.29, 0.717) is 18.0 Å². The second kappa shape index (κ2) is 8.65. The molecule has 0 saturated heterocycles. The van der Waals surface area contributed by atoms with Gasteiger partial charge in [0.05, 0.1) is 18.0 Å². The van der Waals surface area contributed by atoms with Gasteiger partial charge in [-0.1, -0.05) is 24.3 Å². The van der Waals surface area contributed by atoms with Crippen LogP contribution in [0.1, 0.15) is 36.9 Å². The summed E-state index contributed by atoms with van der Waals surface area (Å²) in [7, 11) is -3.32. The first-order valence-corrected chi connectivity index (χ1v) is 11.3. The predicted molar refractivity (Wildman–Crippen MR) is 110 cm³/mol. The fourth-order valence-corrected chi connectivity index (χ4v) is 4.58. The summed E-state index contributed by atoms with van der Waals surface area (Å²) in [5.74, 6) is 0.351. The van der Waals surface area contributed by atoms with Crippen LogP contribution in [-0.4, -0.2) is 33.7 Å². The van der Waals surface area contributed by atoms with Crippen molar-refractivity contribution in [2.24, 2.45) is 0 Å². The number of benzene rings is 2. The Balaban J connectivity index is 1.57. The first kappa shape index (κ1) is 20.2. The number of ether oxygens (including phenoxy) is 1. The van der Waals surface area contributed by atoms with Crippen molar-refractivity contribution in [3.63, 3.8) is 0 Å². The van der Waals surface area contributed by atoms with Crippen LogP contribution in [0.3, 0.4) is 0 Å². The van der Waals surface area contributed by atoms with Crippen molar-refractivity contribution >= 4 is 21.6 Å². The van der Waals surface area contributed by atoms with E-state index < -0.39 is 10.0 Å². The van der Waals surface area contributed by atoms with E-state index in [1.54, 1.807) is 31.2 Å². The molecule has 1 N–H and O–H groups in total. The topological polar surface area (TPSA) is 75.7 Å². The fourth-order valence-electron chi connectivity index (χ4n) is 3.61. The van der Waals surface area contributed by atoms with Crippen LogP contribution in [-0.2, 0) is 21.2 Å². The molecule has 7 heteroatoms. The smallest absolute Gasteiger partial charge is 0.258 e. The molecule has 1 amide bonds. The number of anilines is 1. The van der Waals surface area contributed by atoms with Crippen molar-refractivity contribution in [3.8, 4) is 5.75 Å². The number of amides is 1. The van der Waals surface area contributed by atoms with Gasteiger partial charge >= 0.3 is 0 Å². The third-order valence-corrected chi connectivity index (χ3v) is 6.16. The highest BCUT2D eigenvalue weighted by atomic mass is 32.2. The zero-order chi connectivity index (χ0) is 20.1. The fraction of sp³-hybridized carbons (Fsp3) is 0.381. The summed E-state index contributed by atoms with van der Waals surface area (Å²) in [4.78, 5) is 12.3. The Morgan fingerprint density at radius 3 is 2.57 bits per heavy atom. The Morgan fingerprint density at radius 1 is 1.18 bits per heavy atom. The maximum Gasteiger partial charge on any atom is 0.258 e. The third kappa shape index (κ3) is 4.84. The number of aryl methyl sites for hydroxylation is 1. The molecule has 0 radical (unpaired) electrons. The monoisotopic (exact) mass is 402 g/mol. The summed E-state index contributed by atoms with van der Waals surface area (Å²) in [6.45, 7) is 2.05. The highest BCUT2D eigenvalue weighted by Crippen LogP contribution is 2.29. The molecule has 1 aliphatic carbocycles. The largest absolute Gasteiger partial charge is 0.484 e. The molecule has 3 rings (SSSR count). The summed E-state index contributed by atoms with van der Waals surface area (Å²) in [5, 5.41) is 3.05. The van der Waals surface area contributed by atoms with Crippen molar-refractivity contribution in [2.45, 2.75) is 32.2 Å². The van der Waals surface area contributed by atoms with Gasteiger partial charge in [0.25, 0.3) is 5.91 Å². The van der Waals surface area contributed by atoms with Gasteiger partial charge in [-0.2, -0.15) is 0 Å². The molecule has 0 spiro atoms. The molecule has 28 heavy (non-hydrogen) atoms. The Morgan fingerprint density at radius 2 is 1.89 bits per heavy atom. The molecule has 0 heterocycles. The molecule has 2 aromatic carbocycles. The molecule has 1 aliphatic rings. The zero-order valence-electron chi connectivity index (χ0n) is 16.2. The van der Waals surface area contributed by atoms with Crippen LogP contribution < -0.4 is 14.4 Å². The molecule has 0 fully saturated rings. The second-order valence-corrected chi connectivity index (χ2v) is 8.83. The van der Waals surface area contributed by atoms with Crippen LogP contribution >= 0.6 is 0 Å². The Bertz CT molecular complexity index is 926. The molecule has 0 unspecified atom stereocenters. The van der Waals surface area contributed by atoms with Gasteiger partial charge in [0.1, 0.15) is 5.75 Å². The zero-order valence-corrected chi connectivity index (χ0v) is 17.0. The first-order valence-electron chi connectivity index (χ1n) is 9.46. The lowest BCUT2D eigenvalue weighted by molar-refractivity contribution is -0.123. The molecule has 2 aromatic rings. The van der Waals surface area contributed by atoms with E-state index in [1.165, 1.54) is 21.7 Å². The van der Waals surface area contributed by atoms with E-state index in [-0.39, 0.29) is 18.6 Å². The molecule has 0 saturated carbocycles. The second-order valence-electron chi connectivity index (χ2n) is 6.92. The molecule has 0 aromatic heterocycles. The van der Waals surface area contributed by atoms with E-state index in [2.05, 4.69) is 17.4 Å². The van der Waals surface area contributed by atoms with E-state index >= 15 is 0 Å². The minimum atomic E-state index is -3.32. The lowest BCUT2D eigenvalue weighted by Gasteiger charge is -2.26.